The lowest BCUT2D eigenvalue weighted by molar-refractivity contribution is -0.116. The van der Waals surface area contributed by atoms with Gasteiger partial charge in [-0.2, -0.15) is 5.10 Å². The normalized spacial score (nSPS) is 18.5. The van der Waals surface area contributed by atoms with E-state index in [0.29, 0.717) is 18.2 Å². The van der Waals surface area contributed by atoms with Gasteiger partial charge in [-0.3, -0.25) is 4.79 Å². The third-order valence-corrected chi connectivity index (χ3v) is 5.44. The summed E-state index contributed by atoms with van der Waals surface area (Å²) in [4.78, 5) is 21.4. The maximum atomic E-state index is 12.3. The zero-order chi connectivity index (χ0) is 19.1. The molecule has 28 heavy (non-hydrogen) atoms. The van der Waals surface area contributed by atoms with Gasteiger partial charge in [0.05, 0.1) is 18.9 Å². The Kier molecular flexibility index (Phi) is 4.07. The maximum absolute atomic E-state index is 12.3. The number of hydrogen-bond donors (Lipinski definition) is 1. The van der Waals surface area contributed by atoms with Crippen LogP contribution in [0.3, 0.4) is 0 Å². The number of para-hydroxylation sites is 1. The number of aromatic nitrogens is 4. The molecule has 1 saturated carbocycles. The molecule has 0 bridgehead atoms. The minimum Gasteiger partial charge on any atom is -0.496 e. The van der Waals surface area contributed by atoms with Gasteiger partial charge in [0.1, 0.15) is 11.6 Å². The first kappa shape index (κ1) is 16.9. The van der Waals surface area contributed by atoms with Crippen molar-refractivity contribution in [2.24, 2.45) is 5.92 Å². The summed E-state index contributed by atoms with van der Waals surface area (Å²) in [5.41, 5.74) is 2.80. The number of carbonyl (C=O) groups is 1. The van der Waals surface area contributed by atoms with E-state index in [-0.39, 0.29) is 11.8 Å². The number of hydrogen-bond acceptors (Lipinski definition) is 5. The van der Waals surface area contributed by atoms with Crippen LogP contribution in [-0.4, -0.2) is 32.8 Å². The molecule has 1 aliphatic heterocycles. The second-order valence-electron chi connectivity index (χ2n) is 7.42. The topological polar surface area (TPSA) is 81.9 Å². The van der Waals surface area contributed by atoms with Crippen LogP contribution in [0, 0.1) is 5.92 Å². The van der Waals surface area contributed by atoms with Crippen LogP contribution >= 0.6 is 0 Å². The second kappa shape index (κ2) is 6.74. The number of nitrogens with zero attached hydrogens (tertiary/aromatic N) is 4. The molecule has 1 aromatic carbocycles. The van der Waals surface area contributed by atoms with E-state index in [2.05, 4.69) is 20.4 Å². The summed E-state index contributed by atoms with van der Waals surface area (Å²) in [5, 5.41) is 7.52. The van der Waals surface area contributed by atoms with Crippen LogP contribution in [0.4, 0.5) is 5.82 Å². The summed E-state index contributed by atoms with van der Waals surface area (Å²) in [6.07, 6.45) is 8.34. The fourth-order valence-electron chi connectivity index (χ4n) is 3.74. The van der Waals surface area contributed by atoms with Gasteiger partial charge in [-0.1, -0.05) is 12.1 Å². The molecule has 142 valence electrons. The Bertz CT molecular complexity index is 1020. The number of ether oxygens (including phenoxy) is 1. The molecular weight excluding hydrogens is 354 g/mol. The molecule has 1 N–H and O–H groups in total. The average molecular weight is 375 g/mol. The summed E-state index contributed by atoms with van der Waals surface area (Å²) < 4.78 is 7.33. The minimum atomic E-state index is -0.0802. The Hall–Kier alpha value is -3.22. The standard InChI is InChI=1S/C21H21N5O2/c1-28-18-5-3-2-4-15(18)20-22-9-14(10-23-20)16-8-19(27)25-21-17(16)11-24-26(21)12-13-6-7-13/h2-5,9-11,13,16H,6-8,12H2,1H3,(H,25,27). The Labute approximate surface area is 162 Å². The first-order valence-electron chi connectivity index (χ1n) is 9.54. The fraction of sp³-hybridized carbons (Fsp3) is 0.333. The molecule has 7 nitrogen and oxygen atoms in total. The van der Waals surface area contributed by atoms with Crippen molar-refractivity contribution in [3.63, 3.8) is 0 Å². The number of carbonyl (C=O) groups excluding carboxylic acids is 1. The molecule has 1 atom stereocenters. The molecule has 1 unspecified atom stereocenters. The van der Waals surface area contributed by atoms with E-state index >= 15 is 0 Å². The minimum absolute atomic E-state index is 0.00357. The Morgan fingerprint density at radius 1 is 1.18 bits per heavy atom. The summed E-state index contributed by atoms with van der Waals surface area (Å²) in [5.74, 6) is 2.76. The molecule has 5 rings (SSSR count). The quantitative estimate of drug-likeness (QED) is 0.740. The van der Waals surface area contributed by atoms with E-state index in [4.69, 9.17) is 4.74 Å². The lowest BCUT2D eigenvalue weighted by atomic mass is 9.89. The monoisotopic (exact) mass is 375 g/mol. The molecule has 1 fully saturated rings. The molecule has 0 spiro atoms. The number of amides is 1. The Morgan fingerprint density at radius 3 is 2.71 bits per heavy atom. The molecule has 3 heterocycles. The average Bonchev–Trinajstić information content (AvgIpc) is 3.47. The van der Waals surface area contributed by atoms with Gasteiger partial charge >= 0.3 is 0 Å². The summed E-state index contributed by atoms with van der Waals surface area (Å²) >= 11 is 0. The Morgan fingerprint density at radius 2 is 1.96 bits per heavy atom. The molecule has 0 radical (unpaired) electrons. The van der Waals surface area contributed by atoms with Crippen LogP contribution in [0.1, 0.15) is 36.3 Å². The van der Waals surface area contributed by atoms with Gasteiger partial charge in [-0.25, -0.2) is 14.6 Å². The highest BCUT2D eigenvalue weighted by Crippen LogP contribution is 2.39. The first-order chi connectivity index (χ1) is 13.7. The van der Waals surface area contributed by atoms with Crippen molar-refractivity contribution in [1.29, 1.82) is 0 Å². The third-order valence-electron chi connectivity index (χ3n) is 5.44. The fourth-order valence-corrected chi connectivity index (χ4v) is 3.74. The van der Waals surface area contributed by atoms with Crippen molar-refractivity contribution in [1.82, 2.24) is 19.7 Å². The molecule has 1 amide bonds. The van der Waals surface area contributed by atoms with Gasteiger partial charge < -0.3 is 10.1 Å². The van der Waals surface area contributed by atoms with Gasteiger partial charge in [0, 0.05) is 36.8 Å². The van der Waals surface area contributed by atoms with E-state index in [1.54, 1.807) is 19.5 Å². The predicted molar refractivity (Wildman–Crippen MR) is 104 cm³/mol. The SMILES string of the molecule is COc1ccccc1-c1ncc(C2CC(=O)Nc3c2cnn3CC2CC2)cn1. The Balaban J connectivity index is 1.47. The van der Waals surface area contributed by atoms with Crippen molar-refractivity contribution >= 4 is 11.7 Å². The number of rotatable bonds is 5. The largest absolute Gasteiger partial charge is 0.496 e. The smallest absolute Gasteiger partial charge is 0.226 e. The van der Waals surface area contributed by atoms with E-state index < -0.39 is 0 Å². The number of fused-ring (bicyclic) bond motifs is 1. The van der Waals surface area contributed by atoms with Crippen molar-refractivity contribution in [3.8, 4) is 17.1 Å². The van der Waals surface area contributed by atoms with E-state index in [1.807, 2.05) is 35.1 Å². The first-order valence-corrected chi connectivity index (χ1v) is 9.54. The van der Waals surface area contributed by atoms with Crippen molar-refractivity contribution in [3.05, 3.63) is 54.0 Å². The zero-order valence-corrected chi connectivity index (χ0v) is 15.6. The highest BCUT2D eigenvalue weighted by atomic mass is 16.5. The van der Waals surface area contributed by atoms with Gasteiger partial charge in [0.2, 0.25) is 5.91 Å². The van der Waals surface area contributed by atoms with Gasteiger partial charge in [0.15, 0.2) is 5.82 Å². The molecule has 2 aromatic heterocycles. The third kappa shape index (κ3) is 3.02. The van der Waals surface area contributed by atoms with Crippen LogP contribution in [0.2, 0.25) is 0 Å². The van der Waals surface area contributed by atoms with E-state index in [0.717, 1.165) is 34.8 Å². The number of nitrogens with one attached hydrogen (secondary N) is 1. The summed E-state index contributed by atoms with van der Waals surface area (Å²) in [6.45, 7) is 0.867. The lowest BCUT2D eigenvalue weighted by Gasteiger charge is -2.23. The van der Waals surface area contributed by atoms with Crippen molar-refractivity contribution in [2.45, 2.75) is 31.7 Å². The number of anilines is 1. The van der Waals surface area contributed by atoms with Crippen LogP contribution in [0.5, 0.6) is 5.75 Å². The molecule has 7 heteroatoms. The second-order valence-corrected chi connectivity index (χ2v) is 7.42. The molecule has 2 aliphatic rings. The number of benzene rings is 1. The predicted octanol–water partition coefficient (Wildman–Crippen LogP) is 3.23. The van der Waals surface area contributed by atoms with Gasteiger partial charge in [-0.05, 0) is 36.5 Å². The van der Waals surface area contributed by atoms with E-state index in [1.165, 1.54) is 12.8 Å². The van der Waals surface area contributed by atoms with Crippen LogP contribution in [-0.2, 0) is 11.3 Å². The number of methoxy groups -OCH3 is 1. The van der Waals surface area contributed by atoms with Gasteiger partial charge in [0.25, 0.3) is 0 Å². The zero-order valence-electron chi connectivity index (χ0n) is 15.6. The molecule has 1 aliphatic carbocycles. The molecule has 3 aromatic rings. The van der Waals surface area contributed by atoms with Gasteiger partial charge in [-0.15, -0.1) is 0 Å². The highest BCUT2D eigenvalue weighted by molar-refractivity contribution is 5.94. The van der Waals surface area contributed by atoms with Crippen LogP contribution in [0.25, 0.3) is 11.4 Å². The van der Waals surface area contributed by atoms with Crippen LogP contribution < -0.4 is 10.1 Å². The highest BCUT2D eigenvalue weighted by Gasteiger charge is 2.32. The van der Waals surface area contributed by atoms with E-state index in [9.17, 15) is 4.79 Å². The van der Waals surface area contributed by atoms with Crippen molar-refractivity contribution in [2.75, 3.05) is 12.4 Å². The maximum Gasteiger partial charge on any atom is 0.226 e. The lowest BCUT2D eigenvalue weighted by Crippen LogP contribution is -2.25. The molecular formula is C21H21N5O2. The van der Waals surface area contributed by atoms with Crippen LogP contribution in [0.15, 0.2) is 42.9 Å². The summed E-state index contributed by atoms with van der Waals surface area (Å²) in [6, 6.07) is 7.67. The van der Waals surface area contributed by atoms with Crippen molar-refractivity contribution < 1.29 is 9.53 Å². The summed E-state index contributed by atoms with van der Waals surface area (Å²) in [7, 11) is 1.63. The molecule has 0 saturated heterocycles.